The molecule has 1 aliphatic rings. The summed E-state index contributed by atoms with van der Waals surface area (Å²) < 4.78 is 40.2. The van der Waals surface area contributed by atoms with Crippen LogP contribution in [0.2, 0.25) is 0 Å². The second-order valence-corrected chi connectivity index (χ2v) is 5.93. The molecule has 0 aromatic heterocycles. The minimum atomic E-state index is -4.25. The van der Waals surface area contributed by atoms with Gasteiger partial charge in [-0.25, -0.2) is 4.79 Å². The van der Waals surface area contributed by atoms with Crippen molar-refractivity contribution >= 4 is 6.03 Å². The monoisotopic (exact) mass is 325 g/mol. The summed E-state index contributed by atoms with van der Waals surface area (Å²) in [6, 6.07) is -0.0399. The van der Waals surface area contributed by atoms with E-state index in [-0.39, 0.29) is 12.6 Å². The number of piperazine rings is 1. The van der Waals surface area contributed by atoms with Gasteiger partial charge in [0.15, 0.2) is 0 Å². The van der Waals surface area contributed by atoms with E-state index in [2.05, 4.69) is 15.0 Å². The first-order valence-corrected chi connectivity index (χ1v) is 7.67. The largest absolute Gasteiger partial charge is 0.411 e. The standard InChI is InChI=1S/C14H26F3N3O2/c1-12(2)10-18-13(21)20-7-5-19(6-8-20)4-3-9-22-11-14(15,16)17/h12H,3-11H2,1-2H3,(H,18,21). The number of ether oxygens (including phenoxy) is 1. The molecule has 5 nitrogen and oxygen atoms in total. The minimum Gasteiger partial charge on any atom is -0.372 e. The van der Waals surface area contributed by atoms with Crippen molar-refractivity contribution in [2.24, 2.45) is 5.92 Å². The number of urea groups is 1. The fraction of sp³-hybridized carbons (Fsp3) is 0.929. The maximum Gasteiger partial charge on any atom is 0.411 e. The van der Waals surface area contributed by atoms with Crippen molar-refractivity contribution in [2.45, 2.75) is 26.4 Å². The van der Waals surface area contributed by atoms with Gasteiger partial charge < -0.3 is 15.0 Å². The zero-order valence-corrected chi connectivity index (χ0v) is 13.3. The quantitative estimate of drug-likeness (QED) is 0.728. The molecule has 0 aromatic carbocycles. The topological polar surface area (TPSA) is 44.8 Å². The Kier molecular flexibility index (Phi) is 7.95. The highest BCUT2D eigenvalue weighted by atomic mass is 19.4. The molecule has 1 N–H and O–H groups in total. The molecule has 130 valence electrons. The van der Waals surface area contributed by atoms with Crippen molar-refractivity contribution in [2.75, 3.05) is 52.5 Å². The molecular weight excluding hydrogens is 299 g/mol. The Morgan fingerprint density at radius 1 is 1.23 bits per heavy atom. The highest BCUT2D eigenvalue weighted by Gasteiger charge is 2.27. The molecule has 0 atom stereocenters. The van der Waals surface area contributed by atoms with Crippen LogP contribution in [-0.4, -0.2) is 74.5 Å². The minimum absolute atomic E-state index is 0.0399. The van der Waals surface area contributed by atoms with Crippen LogP contribution in [-0.2, 0) is 4.74 Å². The number of carbonyl (C=O) groups is 1. The Balaban J connectivity index is 2.08. The van der Waals surface area contributed by atoms with Crippen molar-refractivity contribution in [3.63, 3.8) is 0 Å². The molecule has 1 rings (SSSR count). The van der Waals surface area contributed by atoms with Crippen molar-refractivity contribution in [3.8, 4) is 0 Å². The number of carbonyl (C=O) groups excluding carboxylic acids is 1. The Morgan fingerprint density at radius 2 is 1.86 bits per heavy atom. The number of hydrogen-bond acceptors (Lipinski definition) is 3. The highest BCUT2D eigenvalue weighted by molar-refractivity contribution is 5.74. The van der Waals surface area contributed by atoms with E-state index in [0.717, 1.165) is 13.1 Å². The molecule has 0 aliphatic carbocycles. The molecule has 0 bridgehead atoms. The average Bonchev–Trinajstić information content (AvgIpc) is 2.44. The van der Waals surface area contributed by atoms with Crippen LogP contribution in [0.1, 0.15) is 20.3 Å². The summed E-state index contributed by atoms with van der Waals surface area (Å²) >= 11 is 0. The number of halogens is 3. The van der Waals surface area contributed by atoms with Crippen LogP contribution >= 0.6 is 0 Å². The van der Waals surface area contributed by atoms with E-state index in [1.165, 1.54) is 0 Å². The maximum absolute atomic E-state index is 11.9. The highest BCUT2D eigenvalue weighted by Crippen LogP contribution is 2.14. The third kappa shape index (κ3) is 8.43. The van der Waals surface area contributed by atoms with E-state index >= 15 is 0 Å². The number of hydrogen-bond donors (Lipinski definition) is 1. The van der Waals surface area contributed by atoms with Gasteiger partial charge in [0, 0.05) is 45.9 Å². The van der Waals surface area contributed by atoms with Crippen molar-refractivity contribution < 1.29 is 22.7 Å². The van der Waals surface area contributed by atoms with Crippen LogP contribution in [0, 0.1) is 5.92 Å². The van der Waals surface area contributed by atoms with Crippen LogP contribution in [0.25, 0.3) is 0 Å². The fourth-order valence-electron chi connectivity index (χ4n) is 2.16. The Morgan fingerprint density at radius 3 is 2.41 bits per heavy atom. The van der Waals surface area contributed by atoms with Gasteiger partial charge in [0.05, 0.1) is 0 Å². The Labute approximate surface area is 129 Å². The number of amides is 2. The smallest absolute Gasteiger partial charge is 0.372 e. The van der Waals surface area contributed by atoms with Gasteiger partial charge in [-0.15, -0.1) is 0 Å². The van der Waals surface area contributed by atoms with E-state index in [1.807, 2.05) is 13.8 Å². The van der Waals surface area contributed by atoms with Gasteiger partial charge in [0.25, 0.3) is 0 Å². The summed E-state index contributed by atoms with van der Waals surface area (Å²) in [6.45, 7) is 7.14. The summed E-state index contributed by atoms with van der Waals surface area (Å²) in [5.41, 5.74) is 0. The predicted octanol–water partition coefficient (Wildman–Crippen LogP) is 1.94. The lowest BCUT2D eigenvalue weighted by Crippen LogP contribution is -2.52. The van der Waals surface area contributed by atoms with Gasteiger partial charge in [-0.3, -0.25) is 4.90 Å². The normalized spacial score (nSPS) is 17.1. The first kappa shape index (κ1) is 19.0. The fourth-order valence-corrected chi connectivity index (χ4v) is 2.16. The lowest BCUT2D eigenvalue weighted by Gasteiger charge is -2.34. The number of rotatable bonds is 7. The van der Waals surface area contributed by atoms with Crippen LogP contribution in [0.4, 0.5) is 18.0 Å². The second-order valence-electron chi connectivity index (χ2n) is 5.93. The van der Waals surface area contributed by atoms with Crippen molar-refractivity contribution in [1.29, 1.82) is 0 Å². The number of alkyl halides is 3. The van der Waals surface area contributed by atoms with Gasteiger partial charge in [-0.2, -0.15) is 13.2 Å². The summed E-state index contributed by atoms with van der Waals surface area (Å²) in [4.78, 5) is 15.8. The zero-order chi connectivity index (χ0) is 16.6. The van der Waals surface area contributed by atoms with Gasteiger partial charge in [-0.05, 0) is 12.3 Å². The van der Waals surface area contributed by atoms with E-state index in [1.54, 1.807) is 4.90 Å². The first-order valence-electron chi connectivity index (χ1n) is 7.67. The molecule has 22 heavy (non-hydrogen) atoms. The molecule has 2 amide bonds. The maximum atomic E-state index is 11.9. The molecule has 1 heterocycles. The lowest BCUT2D eigenvalue weighted by molar-refractivity contribution is -0.174. The zero-order valence-electron chi connectivity index (χ0n) is 13.3. The molecule has 0 saturated carbocycles. The number of nitrogens with zero attached hydrogens (tertiary/aromatic N) is 2. The van der Waals surface area contributed by atoms with Crippen molar-refractivity contribution in [3.05, 3.63) is 0 Å². The molecule has 1 fully saturated rings. The van der Waals surface area contributed by atoms with Gasteiger partial charge >= 0.3 is 12.2 Å². The van der Waals surface area contributed by atoms with Crippen LogP contribution in [0.5, 0.6) is 0 Å². The third-order valence-electron chi connectivity index (χ3n) is 3.35. The average molecular weight is 325 g/mol. The van der Waals surface area contributed by atoms with Gasteiger partial charge in [0.1, 0.15) is 6.61 Å². The Bertz CT molecular complexity index is 330. The summed E-state index contributed by atoms with van der Waals surface area (Å²) in [7, 11) is 0. The first-order chi connectivity index (χ1) is 10.3. The number of nitrogens with one attached hydrogen (secondary N) is 1. The predicted molar refractivity (Wildman–Crippen MR) is 77.7 cm³/mol. The summed E-state index contributed by atoms with van der Waals surface area (Å²) in [6.07, 6.45) is -3.69. The van der Waals surface area contributed by atoms with E-state index in [0.29, 0.717) is 38.5 Å². The summed E-state index contributed by atoms with van der Waals surface area (Å²) in [5, 5.41) is 2.88. The van der Waals surface area contributed by atoms with E-state index < -0.39 is 12.8 Å². The van der Waals surface area contributed by atoms with Gasteiger partial charge in [-0.1, -0.05) is 13.8 Å². The third-order valence-corrected chi connectivity index (χ3v) is 3.35. The van der Waals surface area contributed by atoms with Gasteiger partial charge in [0.2, 0.25) is 0 Å². The van der Waals surface area contributed by atoms with E-state index in [4.69, 9.17) is 0 Å². The molecule has 8 heteroatoms. The van der Waals surface area contributed by atoms with Crippen LogP contribution < -0.4 is 5.32 Å². The van der Waals surface area contributed by atoms with Crippen LogP contribution in [0.3, 0.4) is 0 Å². The SMILES string of the molecule is CC(C)CNC(=O)N1CCN(CCCOCC(F)(F)F)CC1. The lowest BCUT2D eigenvalue weighted by atomic mass is 10.2. The van der Waals surface area contributed by atoms with E-state index in [9.17, 15) is 18.0 Å². The second kappa shape index (κ2) is 9.19. The molecule has 0 aromatic rings. The van der Waals surface area contributed by atoms with Crippen molar-refractivity contribution in [1.82, 2.24) is 15.1 Å². The molecular formula is C14H26F3N3O2. The Hall–Kier alpha value is -1.02. The molecule has 0 radical (unpaired) electrons. The molecule has 0 spiro atoms. The molecule has 1 aliphatic heterocycles. The van der Waals surface area contributed by atoms with Crippen LogP contribution in [0.15, 0.2) is 0 Å². The summed E-state index contributed by atoms with van der Waals surface area (Å²) in [5.74, 6) is 0.418. The molecule has 1 saturated heterocycles. The molecule has 0 unspecified atom stereocenters.